The first-order valence-corrected chi connectivity index (χ1v) is 7.61. The molecule has 1 rings (SSSR count). The predicted molar refractivity (Wildman–Crippen MR) is 63.8 cm³/mol. The molecule has 2 atom stereocenters. The number of nitrogens with one attached hydrogen (secondary N) is 1. The first kappa shape index (κ1) is 14.0. The van der Waals surface area contributed by atoms with Crippen LogP contribution in [0.25, 0.3) is 0 Å². The average Bonchev–Trinajstić information content (AvgIpc) is 2.62. The fourth-order valence-electron chi connectivity index (χ4n) is 1.97. The number of nitrogens with zero attached hydrogens (tertiary/aromatic N) is 1. The molecule has 1 saturated heterocycles. The van der Waals surface area contributed by atoms with Crippen LogP contribution in [0.1, 0.15) is 32.6 Å². The topological polar surface area (TPSA) is 87.0 Å². The highest BCUT2D eigenvalue weighted by Crippen LogP contribution is 2.19. The second kappa shape index (κ2) is 6.01. The van der Waals surface area contributed by atoms with Crippen molar-refractivity contribution >= 4 is 15.7 Å². The van der Waals surface area contributed by atoms with Gasteiger partial charge in [0.25, 0.3) is 0 Å². The van der Waals surface area contributed by atoms with Crippen molar-refractivity contribution < 1.29 is 13.2 Å². The largest absolute Gasteiger partial charge is 0.354 e. The van der Waals surface area contributed by atoms with Crippen LogP contribution in [0.3, 0.4) is 0 Å². The van der Waals surface area contributed by atoms with Crippen LogP contribution in [0.15, 0.2) is 0 Å². The maximum Gasteiger partial charge on any atom is 0.237 e. The normalized spacial score (nSPS) is 23.9. The molecule has 0 aromatic rings. The monoisotopic (exact) mass is 258 g/mol. The quantitative estimate of drug-likeness (QED) is 0.783. The summed E-state index contributed by atoms with van der Waals surface area (Å²) in [6, 6.07) is 1.94. The van der Waals surface area contributed by atoms with Crippen LogP contribution in [0.2, 0.25) is 0 Å². The van der Waals surface area contributed by atoms with E-state index >= 15 is 0 Å². The minimum absolute atomic E-state index is 0.142. The van der Waals surface area contributed by atoms with Gasteiger partial charge < -0.3 is 5.32 Å². The number of carbonyl (C=O) groups excluding carboxylic acids is 1. The molecule has 1 aliphatic rings. The van der Waals surface area contributed by atoms with E-state index in [1.54, 1.807) is 0 Å². The van der Waals surface area contributed by atoms with Gasteiger partial charge in [0.2, 0.25) is 5.91 Å². The lowest BCUT2D eigenvalue weighted by atomic mass is 10.0. The number of nitriles is 1. The van der Waals surface area contributed by atoms with E-state index in [1.807, 2.05) is 13.0 Å². The predicted octanol–water partition coefficient (Wildman–Crippen LogP) is 0.620. The number of rotatable bonds is 5. The molecular formula is C11H18N2O3S. The van der Waals surface area contributed by atoms with Crippen LogP contribution in [0.5, 0.6) is 0 Å². The van der Waals surface area contributed by atoms with Crippen molar-refractivity contribution in [2.75, 3.05) is 12.3 Å². The molecule has 96 valence electrons. The zero-order valence-corrected chi connectivity index (χ0v) is 10.8. The van der Waals surface area contributed by atoms with E-state index in [9.17, 15) is 13.2 Å². The number of hydrogen-bond acceptors (Lipinski definition) is 4. The summed E-state index contributed by atoms with van der Waals surface area (Å²) < 4.78 is 23.0. The summed E-state index contributed by atoms with van der Waals surface area (Å²) in [7, 11) is -3.03. The molecule has 1 N–H and O–H groups in total. The number of hydrogen-bond donors (Lipinski definition) is 1. The minimum atomic E-state index is -3.03. The Morgan fingerprint density at radius 3 is 2.76 bits per heavy atom. The van der Waals surface area contributed by atoms with Crippen molar-refractivity contribution in [3.05, 3.63) is 0 Å². The van der Waals surface area contributed by atoms with Crippen molar-refractivity contribution in [2.45, 2.75) is 37.9 Å². The van der Waals surface area contributed by atoms with Crippen molar-refractivity contribution in [2.24, 2.45) is 5.92 Å². The Morgan fingerprint density at radius 1 is 1.59 bits per heavy atom. The third-order valence-corrected chi connectivity index (χ3v) is 5.29. The van der Waals surface area contributed by atoms with Gasteiger partial charge in [-0.1, -0.05) is 13.3 Å². The molecule has 0 spiro atoms. The molecule has 0 aromatic carbocycles. The Kier molecular flexibility index (Phi) is 4.94. The van der Waals surface area contributed by atoms with Gasteiger partial charge in [-0.15, -0.1) is 0 Å². The van der Waals surface area contributed by atoms with Crippen LogP contribution in [-0.4, -0.2) is 31.9 Å². The van der Waals surface area contributed by atoms with Crippen molar-refractivity contribution in [3.63, 3.8) is 0 Å². The second-order valence-corrected chi connectivity index (χ2v) is 6.75. The van der Waals surface area contributed by atoms with Crippen LogP contribution in [0, 0.1) is 17.2 Å². The summed E-state index contributed by atoms with van der Waals surface area (Å²) in [5.74, 6) is -0.801. The average molecular weight is 258 g/mol. The molecule has 1 amide bonds. The van der Waals surface area contributed by atoms with E-state index in [0.29, 0.717) is 19.3 Å². The van der Waals surface area contributed by atoms with Gasteiger partial charge >= 0.3 is 0 Å². The smallest absolute Gasteiger partial charge is 0.237 e. The molecule has 0 bridgehead atoms. The van der Waals surface area contributed by atoms with Crippen molar-refractivity contribution in [1.82, 2.24) is 5.32 Å². The Balaban J connectivity index is 2.46. The number of amides is 1. The van der Waals surface area contributed by atoms with E-state index in [0.717, 1.165) is 6.42 Å². The molecule has 0 saturated carbocycles. The molecule has 0 radical (unpaired) electrons. The summed E-state index contributed by atoms with van der Waals surface area (Å²) in [4.78, 5) is 11.6. The van der Waals surface area contributed by atoms with Gasteiger partial charge in [-0.05, 0) is 19.3 Å². The lowest BCUT2D eigenvalue weighted by Crippen LogP contribution is -2.37. The van der Waals surface area contributed by atoms with Gasteiger partial charge in [-0.25, -0.2) is 8.42 Å². The highest BCUT2D eigenvalue weighted by Gasteiger charge is 2.31. The summed E-state index contributed by atoms with van der Waals surface area (Å²) in [5.41, 5.74) is 0. The molecule has 1 aliphatic heterocycles. The van der Waals surface area contributed by atoms with E-state index < -0.39 is 21.0 Å². The Labute approximate surface area is 102 Å². The second-order valence-electron chi connectivity index (χ2n) is 4.35. The first-order chi connectivity index (χ1) is 8.01. The minimum Gasteiger partial charge on any atom is -0.354 e. The summed E-state index contributed by atoms with van der Waals surface area (Å²) >= 11 is 0. The van der Waals surface area contributed by atoms with Gasteiger partial charge in [0.1, 0.15) is 5.92 Å². The molecule has 1 heterocycles. The molecule has 6 heteroatoms. The first-order valence-electron chi connectivity index (χ1n) is 5.90. The van der Waals surface area contributed by atoms with Gasteiger partial charge in [0.15, 0.2) is 9.84 Å². The van der Waals surface area contributed by atoms with E-state index in [4.69, 9.17) is 5.26 Å². The van der Waals surface area contributed by atoms with Gasteiger partial charge in [0.05, 0.1) is 17.1 Å². The number of sulfone groups is 1. The maximum absolute atomic E-state index is 11.6. The summed E-state index contributed by atoms with van der Waals surface area (Å²) in [6.45, 7) is 2.04. The third kappa shape index (κ3) is 3.70. The Bertz CT molecular complexity index is 411. The lowest BCUT2D eigenvalue weighted by Gasteiger charge is -2.12. The van der Waals surface area contributed by atoms with Crippen LogP contribution in [-0.2, 0) is 14.6 Å². The van der Waals surface area contributed by atoms with Crippen molar-refractivity contribution in [1.29, 1.82) is 5.26 Å². The zero-order valence-electron chi connectivity index (χ0n) is 9.98. The summed E-state index contributed by atoms with van der Waals surface area (Å²) in [6.07, 6.45) is 2.54. The molecule has 17 heavy (non-hydrogen) atoms. The Hall–Kier alpha value is -1.09. The fourth-order valence-corrected chi connectivity index (χ4v) is 3.73. The van der Waals surface area contributed by atoms with Crippen LogP contribution >= 0.6 is 0 Å². The highest BCUT2D eigenvalue weighted by atomic mass is 32.2. The van der Waals surface area contributed by atoms with E-state index in [1.165, 1.54) is 0 Å². The standard InChI is InChI=1S/C11H18N2O3S/c1-2-4-9(7-12)11(14)13-8-10-5-3-6-17(10,15)16/h9-10H,2-6,8H2,1H3,(H,13,14). The molecular weight excluding hydrogens is 240 g/mol. The molecule has 2 unspecified atom stereocenters. The van der Waals surface area contributed by atoms with Crippen molar-refractivity contribution in [3.8, 4) is 6.07 Å². The summed E-state index contributed by atoms with van der Waals surface area (Å²) in [5, 5.41) is 10.9. The SMILES string of the molecule is CCCC(C#N)C(=O)NCC1CCCS1(=O)=O. The van der Waals surface area contributed by atoms with Crippen LogP contribution < -0.4 is 5.32 Å². The zero-order chi connectivity index (χ0) is 12.9. The fraction of sp³-hybridized carbons (Fsp3) is 0.818. The molecule has 0 aliphatic carbocycles. The van der Waals surface area contributed by atoms with Crippen LogP contribution in [0.4, 0.5) is 0 Å². The molecule has 0 aromatic heterocycles. The lowest BCUT2D eigenvalue weighted by molar-refractivity contribution is -0.123. The Morgan fingerprint density at radius 2 is 2.29 bits per heavy atom. The van der Waals surface area contributed by atoms with Gasteiger partial charge in [-0.2, -0.15) is 5.26 Å². The van der Waals surface area contributed by atoms with Gasteiger partial charge in [0, 0.05) is 6.54 Å². The maximum atomic E-state index is 11.6. The number of carbonyl (C=O) groups is 1. The van der Waals surface area contributed by atoms with Gasteiger partial charge in [-0.3, -0.25) is 4.79 Å². The third-order valence-electron chi connectivity index (χ3n) is 3.02. The van der Waals surface area contributed by atoms with E-state index in [2.05, 4.69) is 5.32 Å². The van der Waals surface area contributed by atoms with E-state index in [-0.39, 0.29) is 18.2 Å². The highest BCUT2D eigenvalue weighted by molar-refractivity contribution is 7.92. The molecule has 5 nitrogen and oxygen atoms in total. The molecule has 1 fully saturated rings.